The number of aromatic nitrogens is 2. The molecule has 0 bridgehead atoms. The Hall–Kier alpha value is -0.0600. The molecule has 5 heteroatoms. The van der Waals surface area contributed by atoms with E-state index in [4.69, 9.17) is 11.6 Å². The van der Waals surface area contributed by atoms with Crippen LogP contribution in [0.25, 0.3) is 0 Å². The molecule has 0 saturated heterocycles. The van der Waals surface area contributed by atoms with Crippen LogP contribution in [0.5, 0.6) is 0 Å². The van der Waals surface area contributed by atoms with E-state index in [1.54, 1.807) is 4.68 Å². The second kappa shape index (κ2) is 5.07. The van der Waals surface area contributed by atoms with Gasteiger partial charge in [-0.2, -0.15) is 5.10 Å². The SMILES string of the molecule is Cc1nn(C)c(Cl)c1CN(CCBr)C1CC1. The van der Waals surface area contributed by atoms with Crippen molar-refractivity contribution in [2.75, 3.05) is 11.9 Å². The third-order valence-corrected chi connectivity index (χ3v) is 3.89. The standard InChI is InChI=1S/C11H17BrClN3/c1-8-10(11(13)15(2)14-8)7-16(6-5-12)9-3-4-9/h9H,3-7H2,1-2H3. The van der Waals surface area contributed by atoms with Gasteiger partial charge in [-0.15, -0.1) is 0 Å². The van der Waals surface area contributed by atoms with Gasteiger partial charge in [-0.25, -0.2) is 0 Å². The molecule has 1 fully saturated rings. The molecule has 0 amide bonds. The number of halogens is 2. The normalized spacial score (nSPS) is 16.1. The fourth-order valence-electron chi connectivity index (χ4n) is 2.00. The monoisotopic (exact) mass is 305 g/mol. The minimum Gasteiger partial charge on any atom is -0.295 e. The van der Waals surface area contributed by atoms with Crippen molar-refractivity contribution < 1.29 is 0 Å². The zero-order chi connectivity index (χ0) is 11.7. The number of hydrogen-bond acceptors (Lipinski definition) is 2. The van der Waals surface area contributed by atoms with Crippen LogP contribution >= 0.6 is 27.5 Å². The van der Waals surface area contributed by atoms with Crippen molar-refractivity contribution in [1.29, 1.82) is 0 Å². The van der Waals surface area contributed by atoms with Crippen molar-refractivity contribution in [3.63, 3.8) is 0 Å². The Kier molecular flexibility index (Phi) is 3.93. The van der Waals surface area contributed by atoms with E-state index in [-0.39, 0.29) is 0 Å². The van der Waals surface area contributed by atoms with Crippen molar-refractivity contribution >= 4 is 27.5 Å². The van der Waals surface area contributed by atoms with Crippen LogP contribution in [0.3, 0.4) is 0 Å². The number of aryl methyl sites for hydroxylation is 2. The van der Waals surface area contributed by atoms with Crippen LogP contribution in [-0.2, 0) is 13.6 Å². The van der Waals surface area contributed by atoms with E-state index in [1.807, 2.05) is 14.0 Å². The summed E-state index contributed by atoms with van der Waals surface area (Å²) in [5.74, 6) is 0. The van der Waals surface area contributed by atoms with Crippen LogP contribution in [0.15, 0.2) is 0 Å². The molecule has 90 valence electrons. The Morgan fingerprint density at radius 3 is 2.69 bits per heavy atom. The lowest BCUT2D eigenvalue weighted by Crippen LogP contribution is -2.27. The summed E-state index contributed by atoms with van der Waals surface area (Å²) >= 11 is 9.75. The molecule has 0 unspecified atom stereocenters. The summed E-state index contributed by atoms with van der Waals surface area (Å²) in [5.41, 5.74) is 2.23. The third kappa shape index (κ3) is 2.60. The lowest BCUT2D eigenvalue weighted by molar-refractivity contribution is 0.272. The maximum Gasteiger partial charge on any atom is 0.131 e. The number of rotatable bonds is 5. The van der Waals surface area contributed by atoms with Gasteiger partial charge in [0.05, 0.1) is 5.69 Å². The summed E-state index contributed by atoms with van der Waals surface area (Å²) in [5, 5.41) is 6.14. The zero-order valence-corrected chi connectivity index (χ0v) is 12.1. The van der Waals surface area contributed by atoms with Gasteiger partial charge in [0.15, 0.2) is 0 Å². The molecule has 1 aliphatic rings. The average Bonchev–Trinajstić information content (AvgIpc) is 3.03. The topological polar surface area (TPSA) is 21.1 Å². The molecule has 1 saturated carbocycles. The molecular weight excluding hydrogens is 289 g/mol. The predicted molar refractivity (Wildman–Crippen MR) is 70.2 cm³/mol. The Labute approximate surface area is 110 Å². The first-order chi connectivity index (χ1) is 7.63. The zero-order valence-electron chi connectivity index (χ0n) is 9.71. The summed E-state index contributed by atoms with van der Waals surface area (Å²) in [4.78, 5) is 2.49. The van der Waals surface area contributed by atoms with Gasteiger partial charge < -0.3 is 0 Å². The van der Waals surface area contributed by atoms with Gasteiger partial charge in [0, 0.05) is 37.1 Å². The molecule has 1 aliphatic carbocycles. The van der Waals surface area contributed by atoms with Gasteiger partial charge in [-0.1, -0.05) is 27.5 Å². The maximum atomic E-state index is 6.25. The quantitative estimate of drug-likeness (QED) is 0.780. The molecule has 2 rings (SSSR count). The third-order valence-electron chi connectivity index (χ3n) is 3.07. The first-order valence-electron chi connectivity index (χ1n) is 5.61. The van der Waals surface area contributed by atoms with Crippen LogP contribution in [-0.4, -0.2) is 32.6 Å². The maximum absolute atomic E-state index is 6.25. The minimum absolute atomic E-state index is 0.758. The van der Waals surface area contributed by atoms with E-state index in [0.717, 1.165) is 35.3 Å². The number of hydrogen-bond donors (Lipinski definition) is 0. The van der Waals surface area contributed by atoms with Crippen LogP contribution in [0.2, 0.25) is 5.15 Å². The van der Waals surface area contributed by atoms with E-state index < -0.39 is 0 Å². The summed E-state index contributed by atoms with van der Waals surface area (Å²) in [6, 6.07) is 0.758. The van der Waals surface area contributed by atoms with E-state index in [1.165, 1.54) is 18.4 Å². The smallest absolute Gasteiger partial charge is 0.131 e. The summed E-state index contributed by atoms with van der Waals surface area (Å²) in [6.07, 6.45) is 2.65. The van der Waals surface area contributed by atoms with Gasteiger partial charge in [-0.3, -0.25) is 9.58 Å². The molecule has 0 radical (unpaired) electrons. The lowest BCUT2D eigenvalue weighted by atomic mass is 10.2. The van der Waals surface area contributed by atoms with Crippen molar-refractivity contribution in [3.8, 4) is 0 Å². The summed E-state index contributed by atoms with van der Waals surface area (Å²) < 4.78 is 1.76. The molecule has 0 spiro atoms. The Balaban J connectivity index is 2.11. The first-order valence-corrected chi connectivity index (χ1v) is 7.11. The van der Waals surface area contributed by atoms with Crippen molar-refractivity contribution in [2.45, 2.75) is 32.4 Å². The average molecular weight is 307 g/mol. The summed E-state index contributed by atoms with van der Waals surface area (Å²) in [6.45, 7) is 4.03. The summed E-state index contributed by atoms with van der Waals surface area (Å²) in [7, 11) is 1.89. The van der Waals surface area contributed by atoms with E-state index in [2.05, 4.69) is 25.9 Å². The van der Waals surface area contributed by atoms with Gasteiger partial charge >= 0.3 is 0 Å². The highest BCUT2D eigenvalue weighted by molar-refractivity contribution is 9.09. The highest BCUT2D eigenvalue weighted by Crippen LogP contribution is 2.30. The van der Waals surface area contributed by atoms with Crippen LogP contribution < -0.4 is 0 Å². The Bertz CT molecular complexity index is 374. The lowest BCUT2D eigenvalue weighted by Gasteiger charge is -2.20. The van der Waals surface area contributed by atoms with Gasteiger partial charge in [0.1, 0.15) is 5.15 Å². The van der Waals surface area contributed by atoms with E-state index >= 15 is 0 Å². The van der Waals surface area contributed by atoms with E-state index in [0.29, 0.717) is 0 Å². The molecule has 1 heterocycles. The number of alkyl halides is 1. The molecule has 3 nitrogen and oxygen atoms in total. The molecule has 1 aromatic rings. The van der Waals surface area contributed by atoms with Gasteiger partial charge in [-0.05, 0) is 19.8 Å². The van der Waals surface area contributed by atoms with Crippen LogP contribution in [0.1, 0.15) is 24.1 Å². The molecule has 1 aromatic heterocycles. The molecule has 0 atom stereocenters. The second-order valence-corrected chi connectivity index (χ2v) is 5.52. The highest BCUT2D eigenvalue weighted by Gasteiger charge is 2.29. The largest absolute Gasteiger partial charge is 0.295 e. The minimum atomic E-state index is 0.758. The van der Waals surface area contributed by atoms with Crippen molar-refractivity contribution in [3.05, 3.63) is 16.4 Å². The van der Waals surface area contributed by atoms with Crippen molar-refractivity contribution in [1.82, 2.24) is 14.7 Å². The molecule has 0 aliphatic heterocycles. The predicted octanol–water partition coefficient (Wildman–Crippen LogP) is 2.74. The fourth-order valence-corrected chi connectivity index (χ4v) is 2.69. The van der Waals surface area contributed by atoms with Crippen LogP contribution in [0.4, 0.5) is 0 Å². The molecular formula is C11H17BrClN3. The second-order valence-electron chi connectivity index (χ2n) is 4.37. The first kappa shape index (κ1) is 12.4. The van der Waals surface area contributed by atoms with Crippen molar-refractivity contribution in [2.24, 2.45) is 7.05 Å². The van der Waals surface area contributed by atoms with Crippen LogP contribution in [0, 0.1) is 6.92 Å². The molecule has 16 heavy (non-hydrogen) atoms. The van der Waals surface area contributed by atoms with Gasteiger partial charge in [0.2, 0.25) is 0 Å². The Morgan fingerprint density at radius 2 is 2.25 bits per heavy atom. The highest BCUT2D eigenvalue weighted by atomic mass is 79.9. The molecule has 0 aromatic carbocycles. The number of nitrogens with zero attached hydrogens (tertiary/aromatic N) is 3. The fraction of sp³-hybridized carbons (Fsp3) is 0.727. The van der Waals surface area contributed by atoms with E-state index in [9.17, 15) is 0 Å². The van der Waals surface area contributed by atoms with Gasteiger partial charge in [0.25, 0.3) is 0 Å². The Morgan fingerprint density at radius 1 is 1.56 bits per heavy atom. The molecule has 0 N–H and O–H groups in total.